The number of carbonyl (C=O) groups excluding carboxylic acids is 2. The van der Waals surface area contributed by atoms with Crippen molar-refractivity contribution in [2.75, 3.05) is 25.0 Å². The van der Waals surface area contributed by atoms with Gasteiger partial charge in [-0.25, -0.2) is 13.2 Å². The minimum atomic E-state index is -3.55. The Morgan fingerprint density at radius 3 is 2.42 bits per heavy atom. The van der Waals surface area contributed by atoms with Crippen LogP contribution >= 0.6 is 34.5 Å². The predicted octanol–water partition coefficient (Wildman–Crippen LogP) is 5.18. The fourth-order valence-corrected chi connectivity index (χ4v) is 6.72. The summed E-state index contributed by atoms with van der Waals surface area (Å²) in [5.74, 6) is -1.27. The average molecular weight is 527 g/mol. The molecule has 174 valence electrons. The number of anilines is 1. The molecule has 0 aliphatic carbocycles. The molecule has 33 heavy (non-hydrogen) atoms. The number of sulfonamides is 1. The lowest BCUT2D eigenvalue weighted by Crippen LogP contribution is -2.35. The molecule has 1 N–H and O–H groups in total. The van der Waals surface area contributed by atoms with E-state index in [2.05, 4.69) is 5.32 Å². The van der Waals surface area contributed by atoms with Crippen LogP contribution in [0.5, 0.6) is 0 Å². The molecular weight excluding hydrogens is 507 g/mol. The zero-order valence-corrected chi connectivity index (χ0v) is 20.5. The van der Waals surface area contributed by atoms with E-state index in [1.165, 1.54) is 28.6 Å². The van der Waals surface area contributed by atoms with Crippen LogP contribution in [0.15, 0.2) is 47.4 Å². The summed E-state index contributed by atoms with van der Waals surface area (Å²) in [4.78, 5) is 25.0. The quantitative estimate of drug-likeness (QED) is 0.446. The Morgan fingerprint density at radius 2 is 1.73 bits per heavy atom. The molecule has 1 saturated heterocycles. The highest BCUT2D eigenvalue weighted by atomic mass is 35.5. The molecule has 0 saturated carbocycles. The molecule has 2 aromatic carbocycles. The fourth-order valence-electron chi connectivity index (χ4n) is 3.53. The summed E-state index contributed by atoms with van der Waals surface area (Å²) in [5.41, 5.74) is 0.392. The second-order valence-corrected chi connectivity index (χ2v) is 11.3. The maximum absolute atomic E-state index is 12.7. The smallest absolute Gasteiger partial charge is 0.350 e. The minimum absolute atomic E-state index is 0.174. The van der Waals surface area contributed by atoms with Crippen LogP contribution in [0.4, 0.5) is 5.69 Å². The van der Waals surface area contributed by atoms with Crippen molar-refractivity contribution in [2.24, 2.45) is 0 Å². The number of halogens is 2. The van der Waals surface area contributed by atoms with Crippen LogP contribution < -0.4 is 5.32 Å². The molecule has 1 aromatic heterocycles. The molecule has 1 amide bonds. The summed E-state index contributed by atoms with van der Waals surface area (Å²) < 4.78 is 32.7. The molecule has 4 rings (SSSR count). The van der Waals surface area contributed by atoms with Gasteiger partial charge >= 0.3 is 5.97 Å². The molecule has 2 heterocycles. The molecular formula is C22H20Cl2N2O5S2. The molecule has 1 fully saturated rings. The molecule has 11 heteroatoms. The predicted molar refractivity (Wildman–Crippen MR) is 130 cm³/mol. The van der Waals surface area contributed by atoms with E-state index >= 15 is 0 Å². The van der Waals surface area contributed by atoms with Crippen molar-refractivity contribution < 1.29 is 22.7 Å². The van der Waals surface area contributed by atoms with Crippen LogP contribution in [0.2, 0.25) is 10.0 Å². The Kier molecular flexibility index (Phi) is 7.25. The van der Waals surface area contributed by atoms with E-state index in [1.807, 2.05) is 0 Å². The summed E-state index contributed by atoms with van der Waals surface area (Å²) in [6.07, 6.45) is 2.74. The van der Waals surface area contributed by atoms with Crippen LogP contribution in [0, 0.1) is 0 Å². The van der Waals surface area contributed by atoms with Crippen LogP contribution in [-0.4, -0.2) is 44.3 Å². The summed E-state index contributed by atoms with van der Waals surface area (Å²) in [5, 5.41) is 4.04. The first-order valence-electron chi connectivity index (χ1n) is 10.2. The number of nitrogens with zero attached hydrogens (tertiary/aromatic N) is 1. The van der Waals surface area contributed by atoms with E-state index in [9.17, 15) is 18.0 Å². The van der Waals surface area contributed by atoms with Crippen LogP contribution in [0.1, 0.15) is 28.9 Å². The summed E-state index contributed by atoms with van der Waals surface area (Å²) in [7, 11) is -3.55. The van der Waals surface area contributed by atoms with E-state index < -0.39 is 28.5 Å². The highest BCUT2D eigenvalue weighted by Gasteiger charge is 2.26. The summed E-state index contributed by atoms with van der Waals surface area (Å²) in [6.45, 7) is 0.518. The van der Waals surface area contributed by atoms with Crippen molar-refractivity contribution in [1.29, 1.82) is 0 Å². The van der Waals surface area contributed by atoms with E-state index in [4.69, 9.17) is 27.9 Å². The number of piperidine rings is 1. The lowest BCUT2D eigenvalue weighted by molar-refractivity contribution is -0.119. The Labute approximate surface area is 205 Å². The number of nitrogens with one attached hydrogen (secondary N) is 1. The van der Waals surface area contributed by atoms with Crippen molar-refractivity contribution in [3.8, 4) is 0 Å². The van der Waals surface area contributed by atoms with Gasteiger partial charge in [0.2, 0.25) is 10.0 Å². The fraction of sp³-hybridized carbons (Fsp3) is 0.273. The van der Waals surface area contributed by atoms with Gasteiger partial charge in [-0.15, -0.1) is 11.3 Å². The third-order valence-electron chi connectivity index (χ3n) is 5.20. The highest BCUT2D eigenvalue weighted by molar-refractivity contribution is 7.89. The molecule has 0 bridgehead atoms. The van der Waals surface area contributed by atoms with Gasteiger partial charge in [-0.05, 0) is 49.2 Å². The molecule has 0 atom stereocenters. The van der Waals surface area contributed by atoms with Crippen molar-refractivity contribution in [3.05, 3.63) is 57.4 Å². The zero-order chi connectivity index (χ0) is 23.6. The maximum atomic E-state index is 12.7. The van der Waals surface area contributed by atoms with Gasteiger partial charge in [-0.3, -0.25) is 4.79 Å². The standard InChI is InChI=1S/C22H20Cl2N2O5S2/c23-14-4-9-17-18(12-14)32-21(20(17)24)22(28)31-13-19(27)25-15-5-7-16(8-6-15)33(29,30)26-10-2-1-3-11-26/h4-9,12H,1-3,10-11,13H2,(H,25,27). The van der Waals surface area contributed by atoms with Gasteiger partial charge in [0.25, 0.3) is 5.91 Å². The number of amides is 1. The Morgan fingerprint density at radius 1 is 1.03 bits per heavy atom. The second kappa shape index (κ2) is 9.99. The lowest BCUT2D eigenvalue weighted by atomic mass is 10.2. The first kappa shape index (κ1) is 24.0. The zero-order valence-electron chi connectivity index (χ0n) is 17.3. The van der Waals surface area contributed by atoms with Crippen LogP contribution in [-0.2, 0) is 19.6 Å². The molecule has 1 aliphatic rings. The molecule has 0 unspecified atom stereocenters. The summed E-state index contributed by atoms with van der Waals surface area (Å²) >= 11 is 13.4. The highest BCUT2D eigenvalue weighted by Crippen LogP contribution is 2.37. The van der Waals surface area contributed by atoms with Gasteiger partial charge in [0.05, 0.1) is 9.92 Å². The van der Waals surface area contributed by atoms with Crippen molar-refractivity contribution >= 4 is 72.2 Å². The summed E-state index contributed by atoms with van der Waals surface area (Å²) in [6, 6.07) is 11.0. The van der Waals surface area contributed by atoms with Gasteiger partial charge in [0, 0.05) is 33.9 Å². The normalized spacial score (nSPS) is 14.8. The van der Waals surface area contributed by atoms with Crippen molar-refractivity contribution in [3.63, 3.8) is 0 Å². The van der Waals surface area contributed by atoms with E-state index in [1.54, 1.807) is 18.2 Å². The van der Waals surface area contributed by atoms with E-state index in [0.717, 1.165) is 35.3 Å². The number of carbonyl (C=O) groups is 2. The Balaban J connectivity index is 1.35. The van der Waals surface area contributed by atoms with Gasteiger partial charge in [-0.2, -0.15) is 4.31 Å². The first-order valence-corrected chi connectivity index (χ1v) is 13.2. The van der Waals surface area contributed by atoms with E-state index in [-0.39, 0.29) is 14.8 Å². The lowest BCUT2D eigenvalue weighted by Gasteiger charge is -2.25. The average Bonchev–Trinajstić information content (AvgIpc) is 3.14. The number of hydrogen-bond acceptors (Lipinski definition) is 6. The number of thiophene rings is 1. The number of esters is 1. The van der Waals surface area contributed by atoms with Crippen LogP contribution in [0.25, 0.3) is 10.1 Å². The Hall–Kier alpha value is -2.17. The largest absolute Gasteiger partial charge is 0.451 e. The number of rotatable bonds is 6. The Bertz CT molecular complexity index is 1300. The maximum Gasteiger partial charge on any atom is 0.350 e. The van der Waals surface area contributed by atoms with E-state index in [0.29, 0.717) is 29.2 Å². The number of hydrogen-bond donors (Lipinski definition) is 1. The molecule has 7 nitrogen and oxygen atoms in total. The molecule has 1 aliphatic heterocycles. The monoisotopic (exact) mass is 526 g/mol. The third kappa shape index (κ3) is 5.33. The molecule has 0 radical (unpaired) electrons. The molecule has 3 aromatic rings. The van der Waals surface area contributed by atoms with Gasteiger partial charge in [0.1, 0.15) is 4.88 Å². The second-order valence-electron chi connectivity index (χ2n) is 7.50. The van der Waals surface area contributed by atoms with Crippen molar-refractivity contribution in [2.45, 2.75) is 24.2 Å². The third-order valence-corrected chi connectivity index (χ3v) is 8.99. The topological polar surface area (TPSA) is 92.8 Å². The number of fused-ring (bicyclic) bond motifs is 1. The van der Waals surface area contributed by atoms with Gasteiger partial charge in [0.15, 0.2) is 6.61 Å². The van der Waals surface area contributed by atoms with Crippen LogP contribution in [0.3, 0.4) is 0 Å². The SMILES string of the molecule is O=C(COC(=O)c1sc2cc(Cl)ccc2c1Cl)Nc1ccc(S(=O)(=O)N2CCCCC2)cc1. The molecule has 0 spiro atoms. The number of benzene rings is 2. The van der Waals surface area contributed by atoms with Gasteiger partial charge in [-0.1, -0.05) is 35.7 Å². The first-order chi connectivity index (χ1) is 15.8. The minimum Gasteiger partial charge on any atom is -0.451 e. The van der Waals surface area contributed by atoms with Crippen molar-refractivity contribution in [1.82, 2.24) is 4.31 Å². The number of ether oxygens (including phenoxy) is 1. The van der Waals surface area contributed by atoms with Gasteiger partial charge < -0.3 is 10.1 Å².